The first kappa shape index (κ1) is 18.2. The van der Waals surface area contributed by atoms with Crippen LogP contribution in [0.15, 0.2) is 0 Å². The monoisotopic (exact) mass is 236 g/mol. The molecule has 0 saturated heterocycles. The highest BCUT2D eigenvalue weighted by molar-refractivity contribution is 4.77. The van der Waals surface area contributed by atoms with E-state index in [2.05, 4.69) is 13.8 Å². The number of hydrogen-bond donors (Lipinski definition) is 0. The van der Waals surface area contributed by atoms with Crippen LogP contribution in [0.3, 0.4) is 0 Å². The van der Waals surface area contributed by atoms with Crippen LogP contribution < -0.4 is 0 Å². The molecule has 0 nitrogen and oxygen atoms in total. The fraction of sp³-hybridized carbons (Fsp3) is 1.00. The molecule has 0 amide bonds. The van der Waals surface area contributed by atoms with Crippen LogP contribution in [0.5, 0.6) is 0 Å². The third kappa shape index (κ3) is 10.4. The van der Waals surface area contributed by atoms with Crippen LogP contribution in [0.2, 0.25) is 0 Å². The number of alkyl halides is 2. The fourth-order valence-electron chi connectivity index (χ4n) is 1.62. The second kappa shape index (κ2) is 11.3. The van der Waals surface area contributed by atoms with Crippen molar-refractivity contribution in [1.82, 2.24) is 0 Å². The lowest BCUT2D eigenvalue weighted by Gasteiger charge is -2.27. The van der Waals surface area contributed by atoms with E-state index < -0.39 is 5.92 Å². The average molecular weight is 236 g/mol. The summed E-state index contributed by atoms with van der Waals surface area (Å²) >= 11 is 0. The van der Waals surface area contributed by atoms with E-state index in [1.807, 2.05) is 20.8 Å². The zero-order valence-electron chi connectivity index (χ0n) is 11.8. The van der Waals surface area contributed by atoms with Gasteiger partial charge in [-0.1, -0.05) is 60.3 Å². The van der Waals surface area contributed by atoms with Gasteiger partial charge < -0.3 is 0 Å². The molecule has 0 aromatic rings. The highest BCUT2D eigenvalue weighted by Crippen LogP contribution is 2.37. The third-order valence-corrected chi connectivity index (χ3v) is 2.82. The van der Waals surface area contributed by atoms with Crippen LogP contribution in [-0.2, 0) is 0 Å². The molecule has 2 heteroatoms. The van der Waals surface area contributed by atoms with Crippen molar-refractivity contribution in [3.05, 3.63) is 0 Å². The van der Waals surface area contributed by atoms with Crippen molar-refractivity contribution in [2.24, 2.45) is 5.92 Å². The standard InChI is InChI=1S/C8H14F2.C4H10.C2H6/c1-2-7-4-3-5-8(9,10)6-7;1-3-4-2;1-2/h7H,2-6H2,1H3;3-4H2,1-2H3;1-2H3. The predicted molar refractivity (Wildman–Crippen MR) is 69.1 cm³/mol. The molecule has 0 radical (unpaired) electrons. The third-order valence-electron chi connectivity index (χ3n) is 2.82. The number of unbranched alkanes of at least 4 members (excludes halogenated alkanes) is 1. The van der Waals surface area contributed by atoms with Gasteiger partial charge in [-0.25, -0.2) is 8.78 Å². The summed E-state index contributed by atoms with van der Waals surface area (Å²) in [6.45, 7) is 10.4. The van der Waals surface area contributed by atoms with Gasteiger partial charge in [0.05, 0.1) is 0 Å². The summed E-state index contributed by atoms with van der Waals surface area (Å²) < 4.78 is 25.3. The molecule has 0 aliphatic heterocycles. The van der Waals surface area contributed by atoms with Gasteiger partial charge in [0.25, 0.3) is 0 Å². The second-order valence-electron chi connectivity index (χ2n) is 4.23. The molecule has 0 heterocycles. The summed E-state index contributed by atoms with van der Waals surface area (Å²) in [5.41, 5.74) is 0. The van der Waals surface area contributed by atoms with Crippen molar-refractivity contribution >= 4 is 0 Å². The Bertz CT molecular complexity index is 131. The van der Waals surface area contributed by atoms with Crippen LogP contribution in [0.25, 0.3) is 0 Å². The largest absolute Gasteiger partial charge is 0.248 e. The van der Waals surface area contributed by atoms with Crippen molar-refractivity contribution in [2.75, 3.05) is 0 Å². The Labute approximate surface area is 101 Å². The quantitative estimate of drug-likeness (QED) is 0.547. The summed E-state index contributed by atoms with van der Waals surface area (Å²) in [7, 11) is 0. The normalized spacial score (nSPS) is 22.3. The van der Waals surface area contributed by atoms with Gasteiger partial charge in [0.15, 0.2) is 0 Å². The zero-order chi connectivity index (χ0) is 13.0. The van der Waals surface area contributed by atoms with E-state index in [4.69, 9.17) is 0 Å². The zero-order valence-corrected chi connectivity index (χ0v) is 11.8. The Kier molecular flexibility index (Phi) is 12.9. The minimum Gasteiger partial charge on any atom is -0.207 e. The lowest BCUT2D eigenvalue weighted by atomic mass is 9.85. The molecule has 0 N–H and O–H groups in total. The maximum atomic E-state index is 12.6. The van der Waals surface area contributed by atoms with Crippen molar-refractivity contribution in [1.29, 1.82) is 0 Å². The van der Waals surface area contributed by atoms with Crippen LogP contribution in [0.1, 0.15) is 79.6 Å². The number of halogens is 2. The summed E-state index contributed by atoms with van der Waals surface area (Å²) in [6, 6.07) is 0. The van der Waals surface area contributed by atoms with E-state index >= 15 is 0 Å². The molecule has 1 aliphatic rings. The maximum absolute atomic E-state index is 12.6. The molecule has 1 fully saturated rings. The van der Waals surface area contributed by atoms with E-state index in [-0.39, 0.29) is 18.8 Å². The fourth-order valence-corrected chi connectivity index (χ4v) is 1.62. The minimum absolute atomic E-state index is 0.115. The Hall–Kier alpha value is -0.140. The van der Waals surface area contributed by atoms with Crippen LogP contribution in [0, 0.1) is 5.92 Å². The SMILES string of the molecule is CC.CCC1CCCC(F)(F)C1.CCCC. The van der Waals surface area contributed by atoms with Gasteiger partial charge in [-0.3, -0.25) is 0 Å². The van der Waals surface area contributed by atoms with Gasteiger partial charge >= 0.3 is 0 Å². The Morgan fingerprint density at radius 2 is 1.56 bits per heavy atom. The Balaban J connectivity index is 0. The summed E-state index contributed by atoms with van der Waals surface area (Å²) in [6.07, 6.45) is 5.51. The molecule has 100 valence electrons. The Morgan fingerprint density at radius 1 is 1.06 bits per heavy atom. The predicted octanol–water partition coefficient (Wildman–Crippen LogP) is 6.05. The first-order valence-corrected chi connectivity index (χ1v) is 6.93. The summed E-state index contributed by atoms with van der Waals surface area (Å²) in [5.74, 6) is -2.07. The molecule has 1 unspecified atom stereocenters. The number of hydrogen-bond acceptors (Lipinski definition) is 0. The van der Waals surface area contributed by atoms with Crippen molar-refractivity contribution in [2.45, 2.75) is 85.5 Å². The highest BCUT2D eigenvalue weighted by Gasteiger charge is 2.35. The lowest BCUT2D eigenvalue weighted by molar-refractivity contribution is -0.0528. The van der Waals surface area contributed by atoms with Gasteiger partial charge in [0, 0.05) is 12.8 Å². The van der Waals surface area contributed by atoms with Gasteiger partial charge in [-0.15, -0.1) is 0 Å². The molecule has 1 saturated carbocycles. The molecule has 0 aromatic carbocycles. The summed E-state index contributed by atoms with van der Waals surface area (Å²) in [4.78, 5) is 0. The number of rotatable bonds is 2. The first-order valence-electron chi connectivity index (χ1n) is 6.93. The van der Waals surface area contributed by atoms with E-state index in [0.29, 0.717) is 6.42 Å². The smallest absolute Gasteiger partial charge is 0.207 e. The van der Waals surface area contributed by atoms with Gasteiger partial charge in [0.2, 0.25) is 5.92 Å². The van der Waals surface area contributed by atoms with Crippen LogP contribution in [0.4, 0.5) is 8.78 Å². The van der Waals surface area contributed by atoms with Crippen molar-refractivity contribution < 1.29 is 8.78 Å². The van der Waals surface area contributed by atoms with Gasteiger partial charge in [-0.2, -0.15) is 0 Å². The maximum Gasteiger partial charge on any atom is 0.248 e. The highest BCUT2D eigenvalue weighted by atomic mass is 19.3. The molecule has 0 aromatic heterocycles. The second-order valence-corrected chi connectivity index (χ2v) is 4.23. The van der Waals surface area contributed by atoms with Crippen LogP contribution in [-0.4, -0.2) is 5.92 Å². The van der Waals surface area contributed by atoms with Crippen molar-refractivity contribution in [3.8, 4) is 0 Å². The van der Waals surface area contributed by atoms with Gasteiger partial charge in [-0.05, 0) is 12.3 Å². The molecular formula is C14H30F2. The molecule has 1 aliphatic carbocycles. The Morgan fingerprint density at radius 3 is 1.81 bits per heavy atom. The molecule has 16 heavy (non-hydrogen) atoms. The molecule has 0 bridgehead atoms. The molecule has 1 rings (SSSR count). The molecule has 1 atom stereocenters. The molecule has 0 spiro atoms. The lowest BCUT2D eigenvalue weighted by Crippen LogP contribution is -2.25. The van der Waals surface area contributed by atoms with E-state index in [1.54, 1.807) is 0 Å². The average Bonchev–Trinajstić information content (AvgIpc) is 2.30. The van der Waals surface area contributed by atoms with E-state index in [9.17, 15) is 8.78 Å². The topological polar surface area (TPSA) is 0 Å². The van der Waals surface area contributed by atoms with Crippen molar-refractivity contribution in [3.63, 3.8) is 0 Å². The summed E-state index contributed by atoms with van der Waals surface area (Å²) in [5, 5.41) is 0. The minimum atomic E-state index is -2.35. The van der Waals surface area contributed by atoms with Crippen LogP contribution >= 0.6 is 0 Å². The van der Waals surface area contributed by atoms with E-state index in [0.717, 1.165) is 12.8 Å². The van der Waals surface area contributed by atoms with E-state index in [1.165, 1.54) is 12.8 Å². The molecular weight excluding hydrogens is 206 g/mol. The van der Waals surface area contributed by atoms with Gasteiger partial charge in [0.1, 0.15) is 0 Å². The first-order chi connectivity index (χ1) is 7.55.